The molecule has 24 heavy (non-hydrogen) atoms. The van der Waals surface area contributed by atoms with Gasteiger partial charge in [0.1, 0.15) is 0 Å². The number of benzene rings is 2. The van der Waals surface area contributed by atoms with Gasteiger partial charge in [-0.3, -0.25) is 9.59 Å². The summed E-state index contributed by atoms with van der Waals surface area (Å²) in [4.78, 5) is 23.8. The lowest BCUT2D eigenvalue weighted by atomic mass is 10.2. The predicted molar refractivity (Wildman–Crippen MR) is 90.5 cm³/mol. The number of hydrogen-bond acceptors (Lipinski definition) is 4. The number of anilines is 2. The first-order valence-corrected chi connectivity index (χ1v) is 7.76. The molecule has 2 aromatic carbocycles. The first kappa shape index (κ1) is 15.9. The Kier molecular flexibility index (Phi) is 4.65. The first-order chi connectivity index (χ1) is 11.7. The quantitative estimate of drug-likeness (QED) is 0.883. The number of fused-ring (bicyclic) bond motifs is 1. The van der Waals surface area contributed by atoms with Gasteiger partial charge in [-0.25, -0.2) is 0 Å². The van der Waals surface area contributed by atoms with E-state index in [0.29, 0.717) is 34.9 Å². The molecule has 1 aliphatic heterocycles. The molecule has 2 amide bonds. The molecule has 3 rings (SSSR count). The van der Waals surface area contributed by atoms with Gasteiger partial charge in [-0.2, -0.15) is 0 Å². The molecule has 1 aliphatic rings. The largest absolute Gasteiger partial charge is 0.454 e. The van der Waals surface area contributed by atoms with Crippen LogP contribution in [0.1, 0.15) is 30.1 Å². The molecule has 6 heteroatoms. The molecule has 0 spiro atoms. The molecule has 0 aliphatic carbocycles. The number of carbonyl (C=O) groups is 2. The van der Waals surface area contributed by atoms with Crippen molar-refractivity contribution < 1.29 is 19.1 Å². The van der Waals surface area contributed by atoms with Crippen LogP contribution in [0.4, 0.5) is 11.4 Å². The lowest BCUT2D eigenvalue weighted by Crippen LogP contribution is -2.13. The zero-order valence-electron chi connectivity index (χ0n) is 13.3. The number of nitrogens with one attached hydrogen (secondary N) is 2. The standard InChI is InChI=1S/C18H18N2O4/c1-2-3-17(21)19-13-6-4-12(5-7-13)18(22)20-14-8-9-15-16(10-14)24-11-23-15/h4-10H,2-3,11H2,1H3,(H,19,21)(H,20,22). The van der Waals surface area contributed by atoms with Gasteiger partial charge in [0.2, 0.25) is 12.7 Å². The number of hydrogen-bond donors (Lipinski definition) is 2. The van der Waals surface area contributed by atoms with Crippen molar-refractivity contribution in [3.8, 4) is 11.5 Å². The fourth-order valence-electron chi connectivity index (χ4n) is 2.33. The normalized spacial score (nSPS) is 11.9. The van der Waals surface area contributed by atoms with E-state index in [-0.39, 0.29) is 18.6 Å². The molecule has 0 atom stereocenters. The third-order valence-electron chi connectivity index (χ3n) is 3.54. The van der Waals surface area contributed by atoms with Gasteiger partial charge in [-0.1, -0.05) is 6.92 Å². The summed E-state index contributed by atoms with van der Waals surface area (Å²) in [6, 6.07) is 12.0. The fraction of sp³-hybridized carbons (Fsp3) is 0.222. The van der Waals surface area contributed by atoms with Crippen LogP contribution in [0.25, 0.3) is 0 Å². The SMILES string of the molecule is CCCC(=O)Nc1ccc(C(=O)Nc2ccc3c(c2)OCO3)cc1. The van der Waals surface area contributed by atoms with Crippen LogP contribution in [-0.2, 0) is 4.79 Å². The first-order valence-electron chi connectivity index (χ1n) is 7.76. The van der Waals surface area contributed by atoms with Crippen molar-refractivity contribution >= 4 is 23.2 Å². The molecule has 0 radical (unpaired) electrons. The van der Waals surface area contributed by atoms with E-state index in [1.165, 1.54) is 0 Å². The molecule has 124 valence electrons. The Bertz CT molecular complexity index is 756. The molecular formula is C18H18N2O4. The van der Waals surface area contributed by atoms with Gasteiger partial charge in [-0.15, -0.1) is 0 Å². The van der Waals surface area contributed by atoms with Crippen LogP contribution in [0.2, 0.25) is 0 Å². The Hall–Kier alpha value is -3.02. The van der Waals surface area contributed by atoms with Gasteiger partial charge in [0, 0.05) is 29.4 Å². The summed E-state index contributed by atoms with van der Waals surface area (Å²) in [6.07, 6.45) is 1.27. The van der Waals surface area contributed by atoms with E-state index >= 15 is 0 Å². The van der Waals surface area contributed by atoms with Gasteiger partial charge in [0.05, 0.1) is 0 Å². The van der Waals surface area contributed by atoms with E-state index in [1.807, 2.05) is 6.92 Å². The van der Waals surface area contributed by atoms with E-state index < -0.39 is 0 Å². The summed E-state index contributed by atoms with van der Waals surface area (Å²) < 4.78 is 10.5. The summed E-state index contributed by atoms with van der Waals surface area (Å²) in [6.45, 7) is 2.14. The average Bonchev–Trinajstić information content (AvgIpc) is 3.03. The van der Waals surface area contributed by atoms with Gasteiger partial charge in [-0.05, 0) is 42.8 Å². The number of amides is 2. The fourth-order valence-corrected chi connectivity index (χ4v) is 2.33. The zero-order valence-corrected chi connectivity index (χ0v) is 13.3. The van der Waals surface area contributed by atoms with Gasteiger partial charge in [0.15, 0.2) is 11.5 Å². The maximum absolute atomic E-state index is 12.3. The molecule has 0 unspecified atom stereocenters. The highest BCUT2D eigenvalue weighted by molar-refractivity contribution is 6.04. The van der Waals surface area contributed by atoms with Crippen molar-refractivity contribution in [3.63, 3.8) is 0 Å². The van der Waals surface area contributed by atoms with Crippen molar-refractivity contribution in [2.24, 2.45) is 0 Å². The molecule has 2 N–H and O–H groups in total. The lowest BCUT2D eigenvalue weighted by Gasteiger charge is -2.08. The molecule has 0 aromatic heterocycles. The lowest BCUT2D eigenvalue weighted by molar-refractivity contribution is -0.116. The summed E-state index contributed by atoms with van der Waals surface area (Å²) in [5.74, 6) is 1.01. The molecule has 0 saturated carbocycles. The second-order valence-electron chi connectivity index (χ2n) is 5.40. The maximum Gasteiger partial charge on any atom is 0.255 e. The van der Waals surface area contributed by atoms with Crippen LogP contribution < -0.4 is 20.1 Å². The molecule has 0 bridgehead atoms. The Morgan fingerprint density at radius 3 is 2.42 bits per heavy atom. The van der Waals surface area contributed by atoms with Gasteiger partial charge >= 0.3 is 0 Å². The van der Waals surface area contributed by atoms with Crippen LogP contribution in [-0.4, -0.2) is 18.6 Å². The number of carbonyl (C=O) groups excluding carboxylic acids is 2. The van der Waals surface area contributed by atoms with Crippen molar-refractivity contribution in [2.75, 3.05) is 17.4 Å². The van der Waals surface area contributed by atoms with Crippen LogP contribution in [0.5, 0.6) is 11.5 Å². The highest BCUT2D eigenvalue weighted by Gasteiger charge is 2.14. The Balaban J connectivity index is 1.63. The summed E-state index contributed by atoms with van der Waals surface area (Å²) in [5.41, 5.74) is 1.80. The summed E-state index contributed by atoms with van der Waals surface area (Å²) in [5, 5.41) is 5.59. The minimum atomic E-state index is -0.236. The van der Waals surface area contributed by atoms with E-state index in [9.17, 15) is 9.59 Å². The topological polar surface area (TPSA) is 76.7 Å². The maximum atomic E-state index is 12.3. The van der Waals surface area contributed by atoms with Crippen LogP contribution in [0, 0.1) is 0 Å². The molecule has 0 saturated heterocycles. The second-order valence-corrected chi connectivity index (χ2v) is 5.40. The minimum absolute atomic E-state index is 0.0324. The van der Waals surface area contributed by atoms with E-state index in [4.69, 9.17) is 9.47 Å². The molecular weight excluding hydrogens is 308 g/mol. The molecule has 6 nitrogen and oxygen atoms in total. The van der Waals surface area contributed by atoms with E-state index in [0.717, 1.165) is 6.42 Å². The van der Waals surface area contributed by atoms with Crippen LogP contribution in [0.3, 0.4) is 0 Å². The minimum Gasteiger partial charge on any atom is -0.454 e. The predicted octanol–water partition coefficient (Wildman–Crippen LogP) is 3.41. The smallest absolute Gasteiger partial charge is 0.255 e. The molecule has 2 aromatic rings. The summed E-state index contributed by atoms with van der Waals surface area (Å²) in [7, 11) is 0. The average molecular weight is 326 g/mol. The summed E-state index contributed by atoms with van der Waals surface area (Å²) >= 11 is 0. The Morgan fingerprint density at radius 1 is 0.958 bits per heavy atom. The van der Waals surface area contributed by atoms with Crippen LogP contribution >= 0.6 is 0 Å². The third-order valence-corrected chi connectivity index (χ3v) is 3.54. The van der Waals surface area contributed by atoms with E-state index in [1.54, 1.807) is 42.5 Å². The Labute approximate surface area is 139 Å². The Morgan fingerprint density at radius 2 is 1.67 bits per heavy atom. The van der Waals surface area contributed by atoms with Crippen molar-refractivity contribution in [2.45, 2.75) is 19.8 Å². The monoisotopic (exact) mass is 326 g/mol. The van der Waals surface area contributed by atoms with Crippen molar-refractivity contribution in [1.82, 2.24) is 0 Å². The second kappa shape index (κ2) is 7.04. The van der Waals surface area contributed by atoms with Crippen molar-refractivity contribution in [3.05, 3.63) is 48.0 Å². The third kappa shape index (κ3) is 3.65. The molecule has 1 heterocycles. The number of rotatable bonds is 5. The van der Waals surface area contributed by atoms with Crippen molar-refractivity contribution in [1.29, 1.82) is 0 Å². The van der Waals surface area contributed by atoms with Gasteiger partial charge < -0.3 is 20.1 Å². The van der Waals surface area contributed by atoms with Crippen LogP contribution in [0.15, 0.2) is 42.5 Å². The highest BCUT2D eigenvalue weighted by atomic mass is 16.7. The van der Waals surface area contributed by atoms with E-state index in [2.05, 4.69) is 10.6 Å². The number of ether oxygens (including phenoxy) is 2. The highest BCUT2D eigenvalue weighted by Crippen LogP contribution is 2.34. The zero-order chi connectivity index (χ0) is 16.9. The van der Waals surface area contributed by atoms with Gasteiger partial charge in [0.25, 0.3) is 5.91 Å². The molecule has 0 fully saturated rings.